The zero-order chi connectivity index (χ0) is 20.8. The molecule has 4 rings (SSSR count). The lowest BCUT2D eigenvalue weighted by molar-refractivity contribution is -0.131. The Hall–Kier alpha value is -3.34. The number of carbonyl (C=O) groups excluding carboxylic acids is 1. The monoisotopic (exact) mass is 403 g/mol. The first-order valence-electron chi connectivity index (χ1n) is 10.4. The molecule has 0 aliphatic carbocycles. The Morgan fingerprint density at radius 3 is 1.83 bits per heavy atom. The second-order valence-corrected chi connectivity index (χ2v) is 7.42. The van der Waals surface area contributed by atoms with Crippen molar-refractivity contribution in [3.63, 3.8) is 0 Å². The molecule has 0 unspecified atom stereocenters. The van der Waals surface area contributed by atoms with Gasteiger partial charge in [0.2, 0.25) is 5.91 Å². The van der Waals surface area contributed by atoms with Crippen molar-refractivity contribution in [3.8, 4) is 0 Å². The van der Waals surface area contributed by atoms with E-state index >= 15 is 0 Å². The van der Waals surface area contributed by atoms with E-state index in [0.29, 0.717) is 26.1 Å². The third-order valence-electron chi connectivity index (χ3n) is 5.51. The molecule has 154 valence electrons. The van der Waals surface area contributed by atoms with E-state index in [4.69, 9.17) is 0 Å². The summed E-state index contributed by atoms with van der Waals surface area (Å²) < 4.78 is 13.1. The summed E-state index contributed by atoms with van der Waals surface area (Å²) in [5, 5.41) is 0. The van der Waals surface area contributed by atoms with Crippen LogP contribution in [0.2, 0.25) is 0 Å². The van der Waals surface area contributed by atoms with Gasteiger partial charge in [0, 0.05) is 56.2 Å². The van der Waals surface area contributed by atoms with E-state index in [1.165, 1.54) is 12.1 Å². The van der Waals surface area contributed by atoms with E-state index in [1.54, 1.807) is 12.1 Å². The average molecular weight is 404 g/mol. The molecule has 4 nitrogen and oxygen atoms in total. The molecule has 1 aliphatic rings. The van der Waals surface area contributed by atoms with E-state index in [9.17, 15) is 9.18 Å². The summed E-state index contributed by atoms with van der Waals surface area (Å²) >= 11 is 0. The predicted octanol–water partition coefficient (Wildman–Crippen LogP) is 4.70. The first-order chi connectivity index (χ1) is 14.7. The Bertz CT molecular complexity index is 900. The molecule has 0 bridgehead atoms. The standard InChI is InChI=1S/C25H26FN3O/c26-21-11-13-22(14-12-21)27-17-19-28(20-18-27)25(30)15-16-29(23-7-3-1-4-8-23)24-9-5-2-6-10-24/h1-14H,15-20H2. The molecule has 0 N–H and O–H groups in total. The summed E-state index contributed by atoms with van der Waals surface area (Å²) in [6.45, 7) is 3.53. The number of amides is 1. The van der Waals surface area contributed by atoms with Crippen LogP contribution in [0.25, 0.3) is 0 Å². The number of hydrogen-bond acceptors (Lipinski definition) is 3. The van der Waals surface area contributed by atoms with Crippen molar-refractivity contribution < 1.29 is 9.18 Å². The molecule has 30 heavy (non-hydrogen) atoms. The van der Waals surface area contributed by atoms with Crippen LogP contribution in [0.15, 0.2) is 84.9 Å². The van der Waals surface area contributed by atoms with Gasteiger partial charge in [-0.25, -0.2) is 4.39 Å². The average Bonchev–Trinajstić information content (AvgIpc) is 2.81. The van der Waals surface area contributed by atoms with Crippen molar-refractivity contribution in [2.45, 2.75) is 6.42 Å². The van der Waals surface area contributed by atoms with Crippen molar-refractivity contribution in [3.05, 3.63) is 90.7 Å². The highest BCUT2D eigenvalue weighted by atomic mass is 19.1. The van der Waals surface area contributed by atoms with E-state index in [1.807, 2.05) is 41.3 Å². The summed E-state index contributed by atoms with van der Waals surface area (Å²) in [5.74, 6) is -0.0560. The van der Waals surface area contributed by atoms with Gasteiger partial charge in [-0.2, -0.15) is 0 Å². The van der Waals surface area contributed by atoms with Crippen LogP contribution in [0, 0.1) is 5.82 Å². The Balaban J connectivity index is 1.36. The van der Waals surface area contributed by atoms with Gasteiger partial charge >= 0.3 is 0 Å². The number of anilines is 3. The maximum Gasteiger partial charge on any atom is 0.224 e. The lowest BCUT2D eigenvalue weighted by atomic mass is 10.2. The van der Waals surface area contributed by atoms with Gasteiger partial charge in [-0.05, 0) is 48.5 Å². The molecule has 0 saturated carbocycles. The molecule has 1 amide bonds. The molecular weight excluding hydrogens is 377 g/mol. The number of hydrogen-bond donors (Lipinski definition) is 0. The van der Waals surface area contributed by atoms with Gasteiger partial charge in [0.15, 0.2) is 0 Å². The quantitative estimate of drug-likeness (QED) is 0.597. The molecule has 1 heterocycles. The maximum absolute atomic E-state index is 13.1. The number of rotatable bonds is 6. The van der Waals surface area contributed by atoms with E-state index in [2.05, 4.69) is 34.1 Å². The summed E-state index contributed by atoms with van der Waals surface area (Å²) in [4.78, 5) is 19.2. The highest BCUT2D eigenvalue weighted by molar-refractivity contribution is 5.78. The number of carbonyl (C=O) groups is 1. The van der Waals surface area contributed by atoms with Crippen molar-refractivity contribution in [2.24, 2.45) is 0 Å². The molecule has 3 aromatic carbocycles. The fraction of sp³-hybridized carbons (Fsp3) is 0.240. The molecule has 1 fully saturated rings. The number of para-hydroxylation sites is 2. The number of nitrogens with zero attached hydrogens (tertiary/aromatic N) is 3. The van der Waals surface area contributed by atoms with Crippen molar-refractivity contribution in [1.82, 2.24) is 4.90 Å². The fourth-order valence-corrected chi connectivity index (χ4v) is 3.85. The van der Waals surface area contributed by atoms with Gasteiger partial charge in [0.05, 0.1) is 0 Å². The Labute approximate surface area is 177 Å². The first kappa shape index (κ1) is 20.0. The third-order valence-corrected chi connectivity index (χ3v) is 5.51. The molecular formula is C25H26FN3O. The lowest BCUT2D eigenvalue weighted by Gasteiger charge is -2.36. The van der Waals surface area contributed by atoms with Crippen LogP contribution in [0.1, 0.15) is 6.42 Å². The lowest BCUT2D eigenvalue weighted by Crippen LogP contribution is -2.49. The van der Waals surface area contributed by atoms with Crippen molar-refractivity contribution >= 4 is 23.0 Å². The van der Waals surface area contributed by atoms with Crippen LogP contribution >= 0.6 is 0 Å². The van der Waals surface area contributed by atoms with E-state index in [-0.39, 0.29) is 11.7 Å². The van der Waals surface area contributed by atoms with Crippen LogP contribution in [-0.2, 0) is 4.79 Å². The van der Waals surface area contributed by atoms with Crippen molar-refractivity contribution in [1.29, 1.82) is 0 Å². The zero-order valence-corrected chi connectivity index (χ0v) is 17.0. The molecule has 0 aromatic heterocycles. The van der Waals surface area contributed by atoms with Gasteiger partial charge in [0.1, 0.15) is 5.82 Å². The van der Waals surface area contributed by atoms with Gasteiger partial charge in [-0.1, -0.05) is 36.4 Å². The largest absolute Gasteiger partial charge is 0.368 e. The summed E-state index contributed by atoms with van der Waals surface area (Å²) in [5.41, 5.74) is 3.16. The molecule has 0 spiro atoms. The predicted molar refractivity (Wildman–Crippen MR) is 120 cm³/mol. The van der Waals surface area contributed by atoms with Crippen LogP contribution in [0.4, 0.5) is 21.5 Å². The second kappa shape index (κ2) is 9.44. The van der Waals surface area contributed by atoms with E-state index < -0.39 is 0 Å². The Kier molecular flexibility index (Phi) is 6.28. The van der Waals surface area contributed by atoms with Gasteiger partial charge in [-0.3, -0.25) is 4.79 Å². The van der Waals surface area contributed by atoms with Gasteiger partial charge in [-0.15, -0.1) is 0 Å². The second-order valence-electron chi connectivity index (χ2n) is 7.42. The third kappa shape index (κ3) is 4.79. The molecule has 1 aliphatic heterocycles. The zero-order valence-electron chi connectivity index (χ0n) is 17.0. The minimum Gasteiger partial charge on any atom is -0.368 e. The minimum atomic E-state index is -0.228. The normalized spacial score (nSPS) is 13.9. The minimum absolute atomic E-state index is 0.172. The smallest absolute Gasteiger partial charge is 0.224 e. The summed E-state index contributed by atoms with van der Waals surface area (Å²) in [7, 11) is 0. The van der Waals surface area contributed by atoms with Crippen LogP contribution in [-0.4, -0.2) is 43.5 Å². The highest BCUT2D eigenvalue weighted by Gasteiger charge is 2.22. The number of benzene rings is 3. The number of halogens is 1. The highest BCUT2D eigenvalue weighted by Crippen LogP contribution is 2.25. The van der Waals surface area contributed by atoms with Gasteiger partial charge < -0.3 is 14.7 Å². The van der Waals surface area contributed by atoms with Crippen LogP contribution in [0.3, 0.4) is 0 Å². The van der Waals surface area contributed by atoms with E-state index in [0.717, 1.165) is 30.2 Å². The SMILES string of the molecule is O=C(CCN(c1ccccc1)c1ccccc1)N1CCN(c2ccc(F)cc2)CC1. The molecule has 0 radical (unpaired) electrons. The number of piperazine rings is 1. The fourth-order valence-electron chi connectivity index (χ4n) is 3.85. The Morgan fingerprint density at radius 2 is 1.30 bits per heavy atom. The molecule has 5 heteroatoms. The summed E-state index contributed by atoms with van der Waals surface area (Å²) in [6, 6.07) is 26.9. The first-order valence-corrected chi connectivity index (χ1v) is 10.4. The maximum atomic E-state index is 13.1. The van der Waals surface area contributed by atoms with Crippen LogP contribution < -0.4 is 9.80 Å². The molecule has 1 saturated heterocycles. The summed E-state index contributed by atoms with van der Waals surface area (Å²) in [6.07, 6.45) is 0.459. The molecule has 3 aromatic rings. The molecule has 0 atom stereocenters. The van der Waals surface area contributed by atoms with Gasteiger partial charge in [0.25, 0.3) is 0 Å². The topological polar surface area (TPSA) is 26.8 Å². The Morgan fingerprint density at radius 1 is 0.767 bits per heavy atom. The van der Waals surface area contributed by atoms with Crippen molar-refractivity contribution in [2.75, 3.05) is 42.5 Å². The van der Waals surface area contributed by atoms with Crippen LogP contribution in [0.5, 0.6) is 0 Å².